The molecule has 0 radical (unpaired) electrons. The van der Waals surface area contributed by atoms with Gasteiger partial charge in [-0.1, -0.05) is 18.2 Å². The number of imide groups is 1. The highest BCUT2D eigenvalue weighted by Crippen LogP contribution is 2.31. The molecule has 0 spiro atoms. The van der Waals surface area contributed by atoms with Gasteiger partial charge in [0.25, 0.3) is 0 Å². The molecule has 1 aliphatic carbocycles. The first-order valence-corrected chi connectivity index (χ1v) is 9.54. The van der Waals surface area contributed by atoms with E-state index in [0.717, 1.165) is 35.5 Å². The van der Waals surface area contributed by atoms with Crippen LogP contribution in [0.2, 0.25) is 0 Å². The summed E-state index contributed by atoms with van der Waals surface area (Å²) in [6.45, 7) is 4.05. The molecule has 1 saturated carbocycles. The molecule has 1 aliphatic heterocycles. The number of amides is 3. The molecule has 0 bridgehead atoms. The average Bonchev–Trinajstić information content (AvgIpc) is 3.38. The van der Waals surface area contributed by atoms with Gasteiger partial charge in [-0.25, -0.2) is 0 Å². The summed E-state index contributed by atoms with van der Waals surface area (Å²) in [7, 11) is 0. The lowest BCUT2D eigenvalue weighted by molar-refractivity contribution is -0.135. The molecule has 2 aliphatic rings. The van der Waals surface area contributed by atoms with Crippen LogP contribution in [0.1, 0.15) is 36.2 Å². The number of nitrogens with one attached hydrogen (secondary N) is 1. The van der Waals surface area contributed by atoms with Crippen LogP contribution in [-0.4, -0.2) is 39.3 Å². The Morgan fingerprint density at radius 2 is 1.89 bits per heavy atom. The second-order valence-corrected chi connectivity index (χ2v) is 7.44. The first-order chi connectivity index (χ1) is 13.5. The van der Waals surface area contributed by atoms with Gasteiger partial charge in [-0.15, -0.1) is 0 Å². The molecule has 2 fully saturated rings. The number of rotatable bonds is 5. The zero-order chi connectivity index (χ0) is 19.8. The van der Waals surface area contributed by atoms with Gasteiger partial charge < -0.3 is 9.47 Å². The molecule has 3 amide bonds. The predicted molar refractivity (Wildman–Crippen MR) is 106 cm³/mol. The van der Waals surface area contributed by atoms with Gasteiger partial charge in [0.2, 0.25) is 17.7 Å². The number of carbonyl (C=O) groups is 3. The molecule has 1 N–H and O–H groups in total. The molecule has 4 rings (SSSR count). The van der Waals surface area contributed by atoms with Crippen molar-refractivity contribution in [2.75, 3.05) is 0 Å². The van der Waals surface area contributed by atoms with E-state index >= 15 is 0 Å². The first-order valence-electron chi connectivity index (χ1n) is 9.54. The van der Waals surface area contributed by atoms with Crippen molar-refractivity contribution >= 4 is 23.8 Å². The molecule has 0 unspecified atom stereocenters. The van der Waals surface area contributed by atoms with E-state index in [0.29, 0.717) is 0 Å². The lowest BCUT2D eigenvalue weighted by Crippen LogP contribution is -2.45. The van der Waals surface area contributed by atoms with Gasteiger partial charge >= 0.3 is 0 Å². The number of nitrogens with zero attached hydrogens (tertiary/aromatic N) is 2. The fourth-order valence-corrected chi connectivity index (χ4v) is 3.88. The second kappa shape index (κ2) is 7.11. The Balaban J connectivity index is 1.58. The number of para-hydroxylation sites is 1. The van der Waals surface area contributed by atoms with Crippen molar-refractivity contribution in [3.05, 3.63) is 59.4 Å². The molecular weight excluding hydrogens is 354 g/mol. The summed E-state index contributed by atoms with van der Waals surface area (Å²) in [4.78, 5) is 38.0. The van der Waals surface area contributed by atoms with Gasteiger partial charge in [0.15, 0.2) is 0 Å². The minimum absolute atomic E-state index is 0.0514. The van der Waals surface area contributed by atoms with E-state index in [2.05, 4.69) is 9.88 Å². The van der Waals surface area contributed by atoms with Crippen LogP contribution >= 0.6 is 0 Å². The fraction of sp³-hybridized carbons (Fsp3) is 0.318. The zero-order valence-electron chi connectivity index (χ0n) is 16.0. The van der Waals surface area contributed by atoms with Crippen molar-refractivity contribution in [1.29, 1.82) is 0 Å². The maximum atomic E-state index is 12.9. The van der Waals surface area contributed by atoms with Gasteiger partial charge in [0.05, 0.1) is 6.42 Å². The minimum Gasteiger partial charge on any atom is -0.324 e. The maximum Gasteiger partial charge on any atom is 0.249 e. The molecule has 1 atom stereocenters. The first kappa shape index (κ1) is 18.2. The molecule has 2 aromatic rings. The number of hydrogen-bond acceptors (Lipinski definition) is 3. The summed E-state index contributed by atoms with van der Waals surface area (Å²) in [6.07, 6.45) is 5.12. The summed E-state index contributed by atoms with van der Waals surface area (Å²) in [5.74, 6) is -0.911. The number of hydrogen-bond donors (Lipinski definition) is 1. The normalized spacial score (nSPS) is 19.3. The van der Waals surface area contributed by atoms with Crippen LogP contribution in [-0.2, 0) is 14.4 Å². The summed E-state index contributed by atoms with van der Waals surface area (Å²) in [6, 6.07) is 11.5. The van der Waals surface area contributed by atoms with E-state index in [-0.39, 0.29) is 30.2 Å². The van der Waals surface area contributed by atoms with Gasteiger partial charge in [-0.2, -0.15) is 0 Å². The standard InChI is InChI=1S/C22H23N3O3/c1-14-12-16(15(2)24(14)17-6-4-3-5-7-17)8-11-21(27)25(18-9-10-18)19-13-20(26)23-22(19)28/h3-8,11-12,18-19H,9-10,13H2,1-2H3,(H,23,26,28)/b11-8-/t19-/m1/s1. The number of aromatic nitrogens is 1. The summed E-state index contributed by atoms with van der Waals surface area (Å²) >= 11 is 0. The fourth-order valence-electron chi connectivity index (χ4n) is 3.88. The van der Waals surface area contributed by atoms with Gasteiger partial charge in [0, 0.05) is 29.2 Å². The van der Waals surface area contributed by atoms with Crippen LogP contribution in [0.4, 0.5) is 0 Å². The number of aryl methyl sites for hydroxylation is 1. The van der Waals surface area contributed by atoms with Crippen LogP contribution in [0.5, 0.6) is 0 Å². The Morgan fingerprint density at radius 3 is 2.50 bits per heavy atom. The van der Waals surface area contributed by atoms with Crippen LogP contribution in [0, 0.1) is 13.8 Å². The van der Waals surface area contributed by atoms with E-state index in [9.17, 15) is 14.4 Å². The van der Waals surface area contributed by atoms with Gasteiger partial charge in [-0.3, -0.25) is 19.7 Å². The third kappa shape index (κ3) is 3.38. The average molecular weight is 377 g/mol. The number of carbonyl (C=O) groups excluding carboxylic acids is 3. The van der Waals surface area contributed by atoms with Crippen molar-refractivity contribution in [1.82, 2.24) is 14.8 Å². The van der Waals surface area contributed by atoms with Gasteiger partial charge in [0.1, 0.15) is 6.04 Å². The lowest BCUT2D eigenvalue weighted by Gasteiger charge is -2.25. The van der Waals surface area contributed by atoms with Crippen LogP contribution in [0.15, 0.2) is 42.5 Å². The third-order valence-electron chi connectivity index (χ3n) is 5.36. The zero-order valence-corrected chi connectivity index (χ0v) is 16.0. The maximum absolute atomic E-state index is 12.9. The molecule has 2 heterocycles. The quantitative estimate of drug-likeness (QED) is 0.643. The topological polar surface area (TPSA) is 71.4 Å². The Morgan fingerprint density at radius 1 is 1.18 bits per heavy atom. The van der Waals surface area contributed by atoms with E-state index in [1.54, 1.807) is 11.0 Å². The third-order valence-corrected chi connectivity index (χ3v) is 5.36. The minimum atomic E-state index is -0.686. The Hall–Kier alpha value is -3.15. The predicted octanol–water partition coefficient (Wildman–Crippen LogP) is 2.51. The van der Waals surface area contributed by atoms with Crippen molar-refractivity contribution in [2.45, 2.75) is 45.2 Å². The molecule has 28 heavy (non-hydrogen) atoms. The SMILES string of the molecule is Cc1cc(/C=C\C(=O)N(C2CC2)[C@@H]2CC(=O)NC2=O)c(C)n1-c1ccccc1. The van der Waals surface area contributed by atoms with Crippen LogP contribution in [0.3, 0.4) is 0 Å². The number of benzene rings is 1. The van der Waals surface area contributed by atoms with Crippen molar-refractivity contribution in [3.8, 4) is 5.69 Å². The van der Waals surface area contributed by atoms with Crippen LogP contribution in [0.25, 0.3) is 11.8 Å². The lowest BCUT2D eigenvalue weighted by atomic mass is 10.1. The smallest absolute Gasteiger partial charge is 0.249 e. The molecule has 6 heteroatoms. The molecule has 1 aromatic heterocycles. The van der Waals surface area contributed by atoms with Crippen molar-refractivity contribution < 1.29 is 14.4 Å². The van der Waals surface area contributed by atoms with Gasteiger partial charge in [-0.05, 0) is 56.5 Å². The molecule has 144 valence electrons. The van der Waals surface area contributed by atoms with Crippen molar-refractivity contribution in [2.24, 2.45) is 0 Å². The Bertz CT molecular complexity index is 970. The molecule has 1 aromatic carbocycles. The van der Waals surface area contributed by atoms with Crippen molar-refractivity contribution in [3.63, 3.8) is 0 Å². The monoisotopic (exact) mass is 377 g/mol. The summed E-state index contributed by atoms with van der Waals surface area (Å²) in [5, 5.41) is 2.30. The molecular formula is C22H23N3O3. The Labute approximate surface area is 163 Å². The van der Waals surface area contributed by atoms with E-state index in [1.807, 2.05) is 50.2 Å². The molecule has 1 saturated heterocycles. The summed E-state index contributed by atoms with van der Waals surface area (Å²) in [5.41, 5.74) is 4.15. The van der Waals surface area contributed by atoms with E-state index < -0.39 is 6.04 Å². The largest absolute Gasteiger partial charge is 0.324 e. The highest BCUT2D eigenvalue weighted by atomic mass is 16.2. The molecule has 6 nitrogen and oxygen atoms in total. The van der Waals surface area contributed by atoms with E-state index in [4.69, 9.17) is 0 Å². The highest BCUT2D eigenvalue weighted by Gasteiger charge is 2.43. The summed E-state index contributed by atoms with van der Waals surface area (Å²) < 4.78 is 2.14. The van der Waals surface area contributed by atoms with E-state index in [1.165, 1.54) is 6.08 Å². The second-order valence-electron chi connectivity index (χ2n) is 7.44. The highest BCUT2D eigenvalue weighted by molar-refractivity contribution is 6.08. The van der Waals surface area contributed by atoms with Crippen LogP contribution < -0.4 is 5.32 Å². The Kier molecular flexibility index (Phi) is 4.63.